The van der Waals surface area contributed by atoms with Crippen LogP contribution in [0.5, 0.6) is 11.5 Å². The van der Waals surface area contributed by atoms with E-state index in [1.807, 2.05) is 6.92 Å². The molecular weight excluding hydrogens is 296 g/mol. The number of hydrogen-bond donors (Lipinski definition) is 2. The van der Waals surface area contributed by atoms with Gasteiger partial charge < -0.3 is 20.1 Å². The van der Waals surface area contributed by atoms with E-state index in [1.54, 1.807) is 32.2 Å². The number of benzene rings is 1. The minimum Gasteiger partial charge on any atom is -0.493 e. The number of nitrogens with one attached hydrogen (secondary N) is 2. The van der Waals surface area contributed by atoms with Crippen molar-refractivity contribution in [1.29, 1.82) is 0 Å². The van der Waals surface area contributed by atoms with Gasteiger partial charge in [-0.05, 0) is 32.4 Å². The number of ether oxygens (including phenoxy) is 2. The molecule has 1 aromatic carbocycles. The van der Waals surface area contributed by atoms with Gasteiger partial charge in [-0.25, -0.2) is 0 Å². The Bertz CT molecular complexity index is 584. The molecule has 2 N–H and O–H groups in total. The molecule has 0 aromatic heterocycles. The van der Waals surface area contributed by atoms with Gasteiger partial charge in [0.05, 0.1) is 14.2 Å². The van der Waals surface area contributed by atoms with Crippen molar-refractivity contribution in [3.05, 3.63) is 35.9 Å². The fraction of sp³-hybridized carbons (Fsp3) is 0.412. The molecule has 126 valence electrons. The minimum atomic E-state index is -0.626. The Morgan fingerprint density at radius 2 is 2.00 bits per heavy atom. The molecule has 1 atom stereocenters. The molecule has 0 aliphatic rings. The molecule has 0 heterocycles. The van der Waals surface area contributed by atoms with Gasteiger partial charge in [-0.15, -0.1) is 6.58 Å². The van der Waals surface area contributed by atoms with Crippen LogP contribution < -0.4 is 20.1 Å². The third-order valence-corrected chi connectivity index (χ3v) is 3.27. The maximum absolute atomic E-state index is 12.4. The van der Waals surface area contributed by atoms with Crippen molar-refractivity contribution in [2.75, 3.05) is 20.8 Å². The molecule has 6 heteroatoms. The van der Waals surface area contributed by atoms with Crippen molar-refractivity contribution in [3.63, 3.8) is 0 Å². The molecular formula is C17H24N2O4. The fourth-order valence-electron chi connectivity index (χ4n) is 2.15. The summed E-state index contributed by atoms with van der Waals surface area (Å²) in [5.74, 6) is 0.450. The van der Waals surface area contributed by atoms with Crippen LogP contribution in [0.4, 0.5) is 0 Å². The minimum absolute atomic E-state index is 0.229. The van der Waals surface area contributed by atoms with Gasteiger partial charge in [0.2, 0.25) is 5.91 Å². The number of allylic oxidation sites excluding steroid dienone is 1. The largest absolute Gasteiger partial charge is 0.493 e. The monoisotopic (exact) mass is 320 g/mol. The third kappa shape index (κ3) is 4.74. The van der Waals surface area contributed by atoms with Crippen LogP contribution in [0.25, 0.3) is 0 Å². The lowest BCUT2D eigenvalue weighted by Crippen LogP contribution is -2.44. The normalized spacial score (nSPS) is 11.3. The summed E-state index contributed by atoms with van der Waals surface area (Å²) < 4.78 is 10.6. The number of hydrogen-bond acceptors (Lipinski definition) is 4. The van der Waals surface area contributed by atoms with Gasteiger partial charge in [-0.2, -0.15) is 0 Å². The Labute approximate surface area is 136 Å². The highest BCUT2D eigenvalue weighted by atomic mass is 16.5. The number of rotatable bonds is 8. The summed E-state index contributed by atoms with van der Waals surface area (Å²) >= 11 is 0. The zero-order chi connectivity index (χ0) is 17.4. The van der Waals surface area contributed by atoms with Crippen LogP contribution in [0.1, 0.15) is 29.8 Å². The average Bonchev–Trinajstić information content (AvgIpc) is 2.54. The Morgan fingerprint density at radius 3 is 2.52 bits per heavy atom. The standard InChI is InChI=1S/C17H24N2O4/c1-6-8-12-9-13(10-14(22-4)15(12)23-5)17(21)19-11(3)16(20)18-7-2/h6,9-11H,1,7-8H2,2-5H3,(H,18,20)(H,19,21)/t11-/m1/s1. The summed E-state index contributed by atoms with van der Waals surface area (Å²) in [7, 11) is 3.05. The maximum atomic E-state index is 12.4. The maximum Gasteiger partial charge on any atom is 0.252 e. The summed E-state index contributed by atoms with van der Waals surface area (Å²) in [5.41, 5.74) is 1.19. The Morgan fingerprint density at radius 1 is 1.30 bits per heavy atom. The van der Waals surface area contributed by atoms with Crippen molar-refractivity contribution in [1.82, 2.24) is 10.6 Å². The van der Waals surface area contributed by atoms with Crippen LogP contribution >= 0.6 is 0 Å². The van der Waals surface area contributed by atoms with Gasteiger partial charge in [-0.3, -0.25) is 9.59 Å². The molecule has 0 aliphatic carbocycles. The molecule has 0 aliphatic heterocycles. The van der Waals surface area contributed by atoms with Gasteiger partial charge in [-0.1, -0.05) is 6.08 Å². The molecule has 6 nitrogen and oxygen atoms in total. The Hall–Kier alpha value is -2.50. The Kier molecular flexibility index (Phi) is 7.12. The number of likely N-dealkylation sites (N-methyl/N-ethyl adjacent to an activating group) is 1. The van der Waals surface area contributed by atoms with Gasteiger partial charge in [0, 0.05) is 17.7 Å². The first-order valence-corrected chi connectivity index (χ1v) is 7.42. The SMILES string of the molecule is C=CCc1cc(C(=O)N[C@H](C)C(=O)NCC)cc(OC)c1OC. The highest BCUT2D eigenvalue weighted by Gasteiger charge is 2.19. The third-order valence-electron chi connectivity index (χ3n) is 3.27. The summed E-state index contributed by atoms with van der Waals surface area (Å²) in [5, 5.41) is 5.33. The number of carbonyl (C=O) groups excluding carboxylic acids is 2. The molecule has 0 fully saturated rings. The molecule has 23 heavy (non-hydrogen) atoms. The van der Waals surface area contributed by atoms with Crippen LogP contribution in [-0.2, 0) is 11.2 Å². The van der Waals surface area contributed by atoms with E-state index in [-0.39, 0.29) is 11.8 Å². The molecule has 2 amide bonds. The average molecular weight is 320 g/mol. The lowest BCUT2D eigenvalue weighted by molar-refractivity contribution is -0.122. The first-order valence-electron chi connectivity index (χ1n) is 7.42. The molecule has 0 spiro atoms. The van der Waals surface area contributed by atoms with Crippen LogP contribution in [0, 0.1) is 0 Å². The predicted octanol–water partition coefficient (Wildman–Crippen LogP) is 1.69. The van der Waals surface area contributed by atoms with Crippen molar-refractivity contribution < 1.29 is 19.1 Å². The van der Waals surface area contributed by atoms with E-state index in [2.05, 4.69) is 17.2 Å². The van der Waals surface area contributed by atoms with Crippen molar-refractivity contribution in [3.8, 4) is 11.5 Å². The molecule has 1 aromatic rings. The molecule has 0 bridgehead atoms. The molecule has 0 unspecified atom stereocenters. The predicted molar refractivity (Wildman–Crippen MR) is 89.1 cm³/mol. The van der Waals surface area contributed by atoms with Crippen molar-refractivity contribution in [2.24, 2.45) is 0 Å². The van der Waals surface area contributed by atoms with E-state index in [4.69, 9.17) is 9.47 Å². The van der Waals surface area contributed by atoms with Gasteiger partial charge in [0.1, 0.15) is 6.04 Å². The van der Waals surface area contributed by atoms with Crippen LogP contribution in [0.15, 0.2) is 24.8 Å². The van der Waals surface area contributed by atoms with E-state index >= 15 is 0 Å². The van der Waals surface area contributed by atoms with Crippen molar-refractivity contribution in [2.45, 2.75) is 26.3 Å². The van der Waals surface area contributed by atoms with E-state index in [9.17, 15) is 9.59 Å². The topological polar surface area (TPSA) is 76.7 Å². The zero-order valence-corrected chi connectivity index (χ0v) is 14.1. The lowest BCUT2D eigenvalue weighted by atomic mass is 10.0. The van der Waals surface area contributed by atoms with E-state index in [0.29, 0.717) is 30.0 Å². The van der Waals surface area contributed by atoms with Crippen molar-refractivity contribution >= 4 is 11.8 Å². The summed E-state index contributed by atoms with van der Waals surface area (Å²) in [6.45, 7) is 7.67. The molecule has 0 saturated carbocycles. The lowest BCUT2D eigenvalue weighted by Gasteiger charge is -2.16. The van der Waals surface area contributed by atoms with Gasteiger partial charge in [0.25, 0.3) is 5.91 Å². The quantitative estimate of drug-likeness (QED) is 0.715. The summed E-state index contributed by atoms with van der Waals surface area (Å²) in [6.07, 6.45) is 2.25. The first-order chi connectivity index (χ1) is 11.0. The smallest absolute Gasteiger partial charge is 0.252 e. The van der Waals surface area contributed by atoms with E-state index < -0.39 is 6.04 Å². The second kappa shape index (κ2) is 8.82. The first kappa shape index (κ1) is 18.5. The summed E-state index contributed by atoms with van der Waals surface area (Å²) in [4.78, 5) is 24.1. The van der Waals surface area contributed by atoms with Crippen LogP contribution in [0.3, 0.4) is 0 Å². The van der Waals surface area contributed by atoms with E-state index in [1.165, 1.54) is 7.11 Å². The number of amides is 2. The van der Waals surface area contributed by atoms with E-state index in [0.717, 1.165) is 5.56 Å². The Balaban J connectivity index is 3.07. The second-order valence-electron chi connectivity index (χ2n) is 4.95. The number of methoxy groups -OCH3 is 2. The highest BCUT2D eigenvalue weighted by molar-refractivity contribution is 5.98. The second-order valence-corrected chi connectivity index (χ2v) is 4.95. The van der Waals surface area contributed by atoms with Gasteiger partial charge >= 0.3 is 0 Å². The highest BCUT2D eigenvalue weighted by Crippen LogP contribution is 2.33. The zero-order valence-electron chi connectivity index (χ0n) is 14.1. The summed E-state index contributed by atoms with van der Waals surface area (Å²) in [6, 6.07) is 2.67. The number of carbonyl (C=O) groups is 2. The van der Waals surface area contributed by atoms with Gasteiger partial charge in [0.15, 0.2) is 11.5 Å². The molecule has 0 radical (unpaired) electrons. The molecule has 1 rings (SSSR count). The molecule has 0 saturated heterocycles. The van der Waals surface area contributed by atoms with Crippen LogP contribution in [-0.4, -0.2) is 38.6 Å². The van der Waals surface area contributed by atoms with Crippen LogP contribution in [0.2, 0.25) is 0 Å². The fourth-order valence-corrected chi connectivity index (χ4v) is 2.15.